The van der Waals surface area contributed by atoms with Gasteiger partial charge in [0.1, 0.15) is 5.82 Å². The van der Waals surface area contributed by atoms with Crippen molar-refractivity contribution in [1.82, 2.24) is 13.9 Å². The molecule has 114 valence electrons. The molecule has 7 heteroatoms. The van der Waals surface area contributed by atoms with Crippen molar-refractivity contribution in [2.75, 3.05) is 13.6 Å². The topological polar surface area (TPSA) is 55.2 Å². The van der Waals surface area contributed by atoms with E-state index in [0.717, 1.165) is 31.6 Å². The number of hydrogen-bond acceptors (Lipinski definition) is 3. The summed E-state index contributed by atoms with van der Waals surface area (Å²) in [6.45, 7) is 5.19. The van der Waals surface area contributed by atoms with E-state index in [0.29, 0.717) is 12.5 Å². The van der Waals surface area contributed by atoms with Crippen molar-refractivity contribution in [1.29, 1.82) is 0 Å². The van der Waals surface area contributed by atoms with Gasteiger partial charge in [-0.05, 0) is 32.1 Å². The van der Waals surface area contributed by atoms with Crippen LogP contribution in [0.15, 0.2) is 11.2 Å². The van der Waals surface area contributed by atoms with Gasteiger partial charge in [-0.25, -0.2) is 13.4 Å². The van der Waals surface area contributed by atoms with E-state index in [-0.39, 0.29) is 10.4 Å². The van der Waals surface area contributed by atoms with Crippen LogP contribution in [-0.4, -0.2) is 41.2 Å². The molecule has 0 amide bonds. The molecule has 0 aliphatic heterocycles. The molecule has 0 bridgehead atoms. The van der Waals surface area contributed by atoms with Gasteiger partial charge < -0.3 is 4.57 Å². The lowest BCUT2D eigenvalue weighted by molar-refractivity contribution is 0.268. The van der Waals surface area contributed by atoms with Crippen LogP contribution in [-0.2, 0) is 16.6 Å². The predicted molar refractivity (Wildman–Crippen MR) is 79.4 cm³/mol. The zero-order valence-corrected chi connectivity index (χ0v) is 13.8. The Morgan fingerprint density at radius 1 is 1.50 bits per heavy atom. The maximum absolute atomic E-state index is 12.5. The number of alkyl halides is 1. The summed E-state index contributed by atoms with van der Waals surface area (Å²) in [6, 6.07) is 0. The second kappa shape index (κ2) is 6.03. The van der Waals surface area contributed by atoms with Crippen molar-refractivity contribution >= 4 is 21.6 Å². The van der Waals surface area contributed by atoms with Crippen molar-refractivity contribution in [3.05, 3.63) is 12.0 Å². The van der Waals surface area contributed by atoms with Crippen molar-refractivity contribution < 1.29 is 8.42 Å². The molecular weight excluding hydrogens is 298 g/mol. The summed E-state index contributed by atoms with van der Waals surface area (Å²) in [6.07, 6.45) is 4.37. The summed E-state index contributed by atoms with van der Waals surface area (Å²) >= 11 is 5.93. The van der Waals surface area contributed by atoms with Crippen molar-refractivity contribution in [2.24, 2.45) is 5.92 Å². The fraction of sp³-hybridized carbons (Fsp3) is 0.769. The van der Waals surface area contributed by atoms with E-state index in [2.05, 4.69) is 11.9 Å². The number of aryl methyl sites for hydroxylation is 2. The predicted octanol–water partition coefficient (Wildman–Crippen LogP) is 2.24. The Kier molecular flexibility index (Phi) is 4.76. The molecule has 0 unspecified atom stereocenters. The summed E-state index contributed by atoms with van der Waals surface area (Å²) in [5.74, 6) is 1.11. The summed E-state index contributed by atoms with van der Waals surface area (Å²) in [5.41, 5.74) is 0. The molecule has 0 atom stereocenters. The first-order chi connectivity index (χ1) is 9.34. The Labute approximate surface area is 126 Å². The molecule has 1 aromatic heterocycles. The molecule has 1 saturated carbocycles. The Morgan fingerprint density at radius 3 is 2.70 bits per heavy atom. The van der Waals surface area contributed by atoms with Gasteiger partial charge in [0.2, 0.25) is 0 Å². The van der Waals surface area contributed by atoms with Crippen LogP contribution in [0.1, 0.15) is 32.0 Å². The minimum absolute atomic E-state index is 0.146. The zero-order chi connectivity index (χ0) is 14.9. The molecule has 0 N–H and O–H groups in total. The lowest BCUT2D eigenvalue weighted by Crippen LogP contribution is -2.38. The first kappa shape index (κ1) is 15.8. The summed E-state index contributed by atoms with van der Waals surface area (Å²) < 4.78 is 28.2. The third-order valence-electron chi connectivity index (χ3n) is 3.79. The molecule has 1 heterocycles. The summed E-state index contributed by atoms with van der Waals surface area (Å²) in [4.78, 5) is 4.20. The zero-order valence-electron chi connectivity index (χ0n) is 12.2. The first-order valence-corrected chi connectivity index (χ1v) is 8.86. The van der Waals surface area contributed by atoms with Gasteiger partial charge >= 0.3 is 0 Å². The Hall–Kier alpha value is -0.590. The third-order valence-corrected chi connectivity index (χ3v) is 5.84. The van der Waals surface area contributed by atoms with Crippen molar-refractivity contribution in [2.45, 2.75) is 50.1 Å². The number of aromatic nitrogens is 2. The highest BCUT2D eigenvalue weighted by molar-refractivity contribution is 7.89. The first-order valence-electron chi connectivity index (χ1n) is 6.98. The molecule has 0 aromatic carbocycles. The van der Waals surface area contributed by atoms with Gasteiger partial charge in [0, 0.05) is 31.7 Å². The highest BCUT2D eigenvalue weighted by atomic mass is 35.5. The SMILES string of the molecule is CCCn1cc(S(=O)(=O)N(C)CC2CC(Cl)C2)nc1C. The van der Waals surface area contributed by atoms with Gasteiger partial charge in [-0.1, -0.05) is 6.92 Å². The monoisotopic (exact) mass is 319 g/mol. The lowest BCUT2D eigenvalue weighted by atomic mass is 9.85. The van der Waals surface area contributed by atoms with Crippen LogP contribution in [0.4, 0.5) is 0 Å². The van der Waals surface area contributed by atoms with Gasteiger partial charge in [-0.15, -0.1) is 11.6 Å². The average Bonchev–Trinajstić information content (AvgIpc) is 2.70. The summed E-state index contributed by atoms with van der Waals surface area (Å²) in [5, 5.41) is 0.356. The molecule has 1 aliphatic carbocycles. The smallest absolute Gasteiger partial charge is 0.261 e. The van der Waals surface area contributed by atoms with E-state index >= 15 is 0 Å². The second-order valence-electron chi connectivity index (χ2n) is 5.54. The van der Waals surface area contributed by atoms with Gasteiger partial charge in [0.25, 0.3) is 10.0 Å². The van der Waals surface area contributed by atoms with E-state index in [1.54, 1.807) is 13.2 Å². The molecular formula is C13H22ClN3O2S. The summed E-state index contributed by atoms with van der Waals surface area (Å²) in [7, 11) is -1.87. The molecule has 0 radical (unpaired) electrons. The van der Waals surface area contributed by atoms with Crippen LogP contribution in [0.3, 0.4) is 0 Å². The van der Waals surface area contributed by atoms with Crippen LogP contribution in [0.25, 0.3) is 0 Å². The van der Waals surface area contributed by atoms with E-state index in [4.69, 9.17) is 11.6 Å². The van der Waals surface area contributed by atoms with Crippen LogP contribution in [0.5, 0.6) is 0 Å². The van der Waals surface area contributed by atoms with Crippen LogP contribution >= 0.6 is 11.6 Å². The van der Waals surface area contributed by atoms with E-state index in [1.165, 1.54) is 4.31 Å². The minimum atomic E-state index is -3.49. The second-order valence-corrected chi connectivity index (χ2v) is 8.15. The van der Waals surface area contributed by atoms with Crippen LogP contribution in [0, 0.1) is 12.8 Å². The quantitative estimate of drug-likeness (QED) is 0.756. The van der Waals surface area contributed by atoms with Crippen LogP contribution < -0.4 is 0 Å². The normalized spacial score (nSPS) is 23.1. The van der Waals surface area contributed by atoms with Crippen molar-refractivity contribution in [3.63, 3.8) is 0 Å². The molecule has 1 aliphatic rings. The molecule has 5 nitrogen and oxygen atoms in total. The fourth-order valence-electron chi connectivity index (χ4n) is 2.50. The highest BCUT2D eigenvalue weighted by Crippen LogP contribution is 2.33. The molecule has 1 aromatic rings. The number of hydrogen-bond donors (Lipinski definition) is 0. The van der Waals surface area contributed by atoms with Gasteiger partial charge in [0.15, 0.2) is 5.03 Å². The van der Waals surface area contributed by atoms with Crippen molar-refractivity contribution in [3.8, 4) is 0 Å². The maximum atomic E-state index is 12.5. The number of imidazole rings is 1. The number of sulfonamides is 1. The van der Waals surface area contributed by atoms with Gasteiger partial charge in [0.05, 0.1) is 0 Å². The van der Waals surface area contributed by atoms with E-state index in [9.17, 15) is 8.42 Å². The van der Waals surface area contributed by atoms with Crippen LogP contribution in [0.2, 0.25) is 0 Å². The van der Waals surface area contributed by atoms with E-state index < -0.39 is 10.0 Å². The molecule has 0 spiro atoms. The van der Waals surface area contributed by atoms with Gasteiger partial charge in [-0.3, -0.25) is 0 Å². The number of rotatable bonds is 6. The molecule has 0 saturated heterocycles. The fourth-order valence-corrected chi connectivity index (χ4v) is 4.23. The third kappa shape index (κ3) is 3.18. The lowest BCUT2D eigenvalue weighted by Gasteiger charge is -2.33. The van der Waals surface area contributed by atoms with Gasteiger partial charge in [-0.2, -0.15) is 4.31 Å². The highest BCUT2D eigenvalue weighted by Gasteiger charge is 2.32. The number of halogens is 1. The van der Waals surface area contributed by atoms with E-state index in [1.807, 2.05) is 11.5 Å². The maximum Gasteiger partial charge on any atom is 0.261 e. The molecule has 20 heavy (non-hydrogen) atoms. The standard InChI is InChI=1S/C13H22ClN3O2S/c1-4-5-17-9-13(15-10(17)2)20(18,19)16(3)8-11-6-12(14)7-11/h9,11-12H,4-8H2,1-3H3. The molecule has 1 fully saturated rings. The molecule has 2 rings (SSSR count). The largest absolute Gasteiger partial charge is 0.334 e. The number of nitrogens with zero attached hydrogens (tertiary/aromatic N) is 3. The minimum Gasteiger partial charge on any atom is -0.334 e. The Balaban J connectivity index is 2.10. The average molecular weight is 320 g/mol. The Bertz CT molecular complexity index is 564. The Morgan fingerprint density at radius 2 is 2.15 bits per heavy atom.